The predicted octanol–water partition coefficient (Wildman–Crippen LogP) is -4.85. The summed E-state index contributed by atoms with van der Waals surface area (Å²) in [6.07, 6.45) is -1.65. The number of hydrogen-bond donors (Lipinski definition) is 8. The Morgan fingerprint density at radius 1 is 0.727 bits per heavy atom. The van der Waals surface area contributed by atoms with Gasteiger partial charge in [0.25, 0.3) is 0 Å². The number of nitrogens with two attached hydrogens (primary N) is 1. The molecule has 0 saturated carbocycles. The molecule has 0 aromatic carbocycles. The molecule has 0 aromatic heterocycles. The first-order valence-corrected chi connectivity index (χ1v) is 9.42. The molecule has 16 nitrogen and oxygen atoms in total. The molecule has 0 fully saturated rings. The molecule has 0 saturated heterocycles. The summed E-state index contributed by atoms with van der Waals surface area (Å²) in [6, 6.07) is -2.93. The molecule has 0 rings (SSSR count). The lowest BCUT2D eigenvalue weighted by atomic mass is 10.1. The largest absolute Gasteiger partial charge is 0.481 e. The number of carbonyl (C=O) groups is 8. The van der Waals surface area contributed by atoms with Gasteiger partial charge in [0.15, 0.2) is 0 Å². The third-order valence-corrected chi connectivity index (χ3v) is 3.69. The van der Waals surface area contributed by atoms with Crippen LogP contribution in [0.15, 0.2) is 0 Å². The Morgan fingerprint density at radius 2 is 1.21 bits per heavy atom. The van der Waals surface area contributed by atoms with Crippen LogP contribution < -0.4 is 32.3 Å². The molecule has 2 atom stereocenters. The molecule has 184 valence electrons. The zero-order chi connectivity index (χ0) is 25.6. The number of hydrogen-bond acceptors (Lipinski definition) is 8. The van der Waals surface area contributed by atoms with E-state index in [1.165, 1.54) is 0 Å². The second-order valence-electron chi connectivity index (χ2n) is 6.58. The van der Waals surface area contributed by atoms with Gasteiger partial charge in [0.2, 0.25) is 35.4 Å². The Balaban J connectivity index is 4.97. The van der Waals surface area contributed by atoms with Gasteiger partial charge in [-0.3, -0.25) is 38.4 Å². The number of nitrogens with one attached hydrogen (secondary N) is 5. The lowest BCUT2D eigenvalue weighted by Crippen LogP contribution is -2.53. The fourth-order valence-corrected chi connectivity index (χ4v) is 2.20. The molecule has 0 aliphatic rings. The van der Waals surface area contributed by atoms with E-state index in [2.05, 4.69) is 21.3 Å². The third-order valence-electron chi connectivity index (χ3n) is 3.69. The highest BCUT2D eigenvalue weighted by Crippen LogP contribution is 1.99. The second kappa shape index (κ2) is 14.7. The highest BCUT2D eigenvalue weighted by molar-refractivity contribution is 5.95. The maximum atomic E-state index is 12.3. The lowest BCUT2D eigenvalue weighted by Gasteiger charge is -2.19. The van der Waals surface area contributed by atoms with Gasteiger partial charge < -0.3 is 42.5 Å². The van der Waals surface area contributed by atoms with Gasteiger partial charge in [-0.15, -0.1) is 0 Å². The average molecular weight is 474 g/mol. The highest BCUT2D eigenvalue weighted by Gasteiger charge is 2.26. The van der Waals surface area contributed by atoms with E-state index in [0.717, 1.165) is 6.92 Å². The highest BCUT2D eigenvalue weighted by atomic mass is 16.4. The molecule has 16 heteroatoms. The molecule has 0 bridgehead atoms. The number of carboxylic acid groups (broad SMARTS) is 2. The number of carbonyl (C=O) groups excluding carboxylic acids is 6. The van der Waals surface area contributed by atoms with E-state index in [-0.39, 0.29) is 6.42 Å². The average Bonchev–Trinajstić information content (AvgIpc) is 2.70. The molecule has 6 amide bonds. The lowest BCUT2D eigenvalue weighted by molar-refractivity contribution is -0.141. The Labute approximate surface area is 187 Å². The van der Waals surface area contributed by atoms with Crippen LogP contribution in [-0.2, 0) is 38.4 Å². The molecule has 0 aliphatic carbocycles. The van der Waals surface area contributed by atoms with E-state index in [1.54, 1.807) is 0 Å². The Kier molecular flexibility index (Phi) is 12.8. The van der Waals surface area contributed by atoms with Crippen molar-refractivity contribution in [3.05, 3.63) is 0 Å². The minimum absolute atomic E-state index is 0.328. The van der Waals surface area contributed by atoms with Crippen molar-refractivity contribution < 1.29 is 48.6 Å². The van der Waals surface area contributed by atoms with Gasteiger partial charge in [-0.1, -0.05) is 0 Å². The van der Waals surface area contributed by atoms with Crippen molar-refractivity contribution in [3.63, 3.8) is 0 Å². The molecule has 0 radical (unpaired) electrons. The van der Waals surface area contributed by atoms with Crippen molar-refractivity contribution in [1.82, 2.24) is 26.6 Å². The summed E-state index contributed by atoms with van der Waals surface area (Å²) in [4.78, 5) is 91.4. The maximum absolute atomic E-state index is 12.3. The monoisotopic (exact) mass is 474 g/mol. The molecular weight excluding hydrogens is 448 g/mol. The van der Waals surface area contributed by atoms with Crippen LogP contribution >= 0.6 is 0 Å². The van der Waals surface area contributed by atoms with Gasteiger partial charge >= 0.3 is 11.9 Å². The molecule has 33 heavy (non-hydrogen) atoms. The van der Waals surface area contributed by atoms with Crippen LogP contribution in [0.3, 0.4) is 0 Å². The molecule has 2 unspecified atom stereocenters. The van der Waals surface area contributed by atoms with Crippen molar-refractivity contribution in [1.29, 1.82) is 0 Å². The molecule has 0 spiro atoms. The number of rotatable bonds is 15. The van der Waals surface area contributed by atoms with Crippen LogP contribution in [0.1, 0.15) is 26.2 Å². The van der Waals surface area contributed by atoms with Gasteiger partial charge in [-0.05, 0) is 6.42 Å². The molecular formula is C17H26N6O10. The predicted molar refractivity (Wildman–Crippen MR) is 107 cm³/mol. The summed E-state index contributed by atoms with van der Waals surface area (Å²) in [5.74, 6) is -7.79. The quantitative estimate of drug-likeness (QED) is 0.112. The van der Waals surface area contributed by atoms with Crippen molar-refractivity contribution in [3.8, 4) is 0 Å². The zero-order valence-corrected chi connectivity index (χ0v) is 17.6. The minimum Gasteiger partial charge on any atom is -0.481 e. The van der Waals surface area contributed by atoms with Gasteiger partial charge in [-0.2, -0.15) is 0 Å². The van der Waals surface area contributed by atoms with Gasteiger partial charge in [0.1, 0.15) is 12.1 Å². The van der Waals surface area contributed by atoms with E-state index >= 15 is 0 Å². The number of amides is 6. The van der Waals surface area contributed by atoms with Crippen molar-refractivity contribution in [2.24, 2.45) is 5.73 Å². The number of primary amides is 1. The van der Waals surface area contributed by atoms with Crippen LogP contribution in [0, 0.1) is 0 Å². The van der Waals surface area contributed by atoms with E-state index in [9.17, 15) is 38.4 Å². The van der Waals surface area contributed by atoms with Crippen LogP contribution in [-0.4, -0.2) is 89.3 Å². The zero-order valence-electron chi connectivity index (χ0n) is 17.6. The van der Waals surface area contributed by atoms with E-state index < -0.39 is 91.9 Å². The Bertz CT molecular complexity index is 799. The molecule has 0 heterocycles. The first kappa shape index (κ1) is 28.8. The topological polar surface area (TPSA) is 263 Å². The van der Waals surface area contributed by atoms with Crippen LogP contribution in [0.2, 0.25) is 0 Å². The van der Waals surface area contributed by atoms with Crippen molar-refractivity contribution >= 4 is 47.4 Å². The summed E-state index contributed by atoms with van der Waals surface area (Å²) in [5, 5.41) is 28.3. The Morgan fingerprint density at radius 3 is 1.70 bits per heavy atom. The normalized spacial score (nSPS) is 11.8. The van der Waals surface area contributed by atoms with Crippen molar-refractivity contribution in [2.75, 3.05) is 19.6 Å². The first-order valence-electron chi connectivity index (χ1n) is 9.42. The molecule has 9 N–H and O–H groups in total. The van der Waals surface area contributed by atoms with E-state index in [1.807, 2.05) is 5.32 Å². The summed E-state index contributed by atoms with van der Waals surface area (Å²) in [6.45, 7) is -0.648. The smallest absolute Gasteiger partial charge is 0.305 e. The van der Waals surface area contributed by atoms with E-state index in [0.29, 0.717) is 0 Å². The molecule has 0 aromatic rings. The summed E-state index contributed by atoms with van der Waals surface area (Å²) in [5.41, 5.74) is 4.87. The summed E-state index contributed by atoms with van der Waals surface area (Å²) >= 11 is 0. The first-order chi connectivity index (χ1) is 15.3. The second-order valence-corrected chi connectivity index (χ2v) is 6.58. The van der Waals surface area contributed by atoms with Crippen LogP contribution in [0.4, 0.5) is 0 Å². The SMILES string of the molecule is CC(=O)NCC(=O)NC(CCC(=O)O)C(=O)NCC(=O)NC(CC(=O)O)C(=O)NCC(N)=O. The fraction of sp³-hybridized carbons (Fsp3) is 0.529. The minimum atomic E-state index is -1.58. The molecule has 0 aliphatic heterocycles. The van der Waals surface area contributed by atoms with Crippen molar-refractivity contribution in [2.45, 2.75) is 38.3 Å². The van der Waals surface area contributed by atoms with Crippen LogP contribution in [0.25, 0.3) is 0 Å². The van der Waals surface area contributed by atoms with Gasteiger partial charge in [0.05, 0.1) is 26.1 Å². The van der Waals surface area contributed by atoms with E-state index in [4.69, 9.17) is 15.9 Å². The fourth-order valence-electron chi connectivity index (χ4n) is 2.20. The summed E-state index contributed by atoms with van der Waals surface area (Å²) in [7, 11) is 0. The van der Waals surface area contributed by atoms with Crippen LogP contribution in [0.5, 0.6) is 0 Å². The number of aliphatic carboxylic acids is 2. The van der Waals surface area contributed by atoms with Gasteiger partial charge in [-0.25, -0.2) is 0 Å². The third kappa shape index (κ3) is 14.4. The maximum Gasteiger partial charge on any atom is 0.305 e. The Hall–Kier alpha value is -4.24. The number of carboxylic acids is 2. The standard InChI is InChI=1S/C17H26N6O10/c1-8(24)19-6-12(26)22-9(2-3-14(28)29)16(32)21-7-13(27)23-10(4-15(30)31)17(33)20-5-11(18)25/h9-10H,2-7H2,1H3,(H2,18,25)(H,19,24)(H,20,33)(H,21,32)(H,22,26)(H,23,27)(H,28,29)(H,30,31). The summed E-state index contributed by atoms with van der Waals surface area (Å²) < 4.78 is 0. The van der Waals surface area contributed by atoms with Gasteiger partial charge in [0, 0.05) is 13.3 Å².